The van der Waals surface area contributed by atoms with Gasteiger partial charge in [-0.1, -0.05) is 0 Å². The van der Waals surface area contributed by atoms with Gasteiger partial charge in [0, 0.05) is 5.92 Å². The molecule has 0 saturated heterocycles. The van der Waals surface area contributed by atoms with Crippen LogP contribution in [0.2, 0.25) is 0 Å². The summed E-state index contributed by atoms with van der Waals surface area (Å²) >= 11 is 0. The van der Waals surface area contributed by atoms with Gasteiger partial charge in [-0.25, -0.2) is 9.37 Å². The van der Waals surface area contributed by atoms with Gasteiger partial charge in [0.05, 0.1) is 11.0 Å². The summed E-state index contributed by atoms with van der Waals surface area (Å²) in [7, 11) is 0. The quantitative estimate of drug-likeness (QED) is 0.779. The van der Waals surface area contributed by atoms with Gasteiger partial charge in [-0.2, -0.15) is 0 Å². The lowest BCUT2D eigenvalue weighted by atomic mass is 10.0. The van der Waals surface area contributed by atoms with Gasteiger partial charge in [0.15, 0.2) is 0 Å². The van der Waals surface area contributed by atoms with E-state index >= 15 is 0 Å². The van der Waals surface area contributed by atoms with E-state index in [1.807, 2.05) is 0 Å². The van der Waals surface area contributed by atoms with Gasteiger partial charge in [-0.15, -0.1) is 0 Å². The summed E-state index contributed by atoms with van der Waals surface area (Å²) in [6.45, 7) is 0. The Kier molecular flexibility index (Phi) is 1.55. The maximum absolute atomic E-state index is 13.0. The molecule has 82 valence electrons. The molecule has 2 nitrogen and oxygen atoms in total. The fourth-order valence-corrected chi connectivity index (χ4v) is 3.13. The first-order chi connectivity index (χ1) is 7.79. The van der Waals surface area contributed by atoms with E-state index in [0.717, 1.165) is 28.7 Å². The number of rotatable bonds is 1. The van der Waals surface area contributed by atoms with Crippen molar-refractivity contribution in [3.63, 3.8) is 0 Å². The number of halogens is 1. The van der Waals surface area contributed by atoms with Crippen molar-refractivity contribution < 1.29 is 4.39 Å². The Hall–Kier alpha value is -1.38. The Balaban J connectivity index is 1.75. The molecule has 2 fully saturated rings. The lowest BCUT2D eigenvalue weighted by Gasteiger charge is -2.06. The molecule has 2 aliphatic carbocycles. The number of hydrogen-bond donors (Lipinski definition) is 1. The molecule has 3 heteroatoms. The van der Waals surface area contributed by atoms with Gasteiger partial charge in [0.25, 0.3) is 0 Å². The summed E-state index contributed by atoms with van der Waals surface area (Å²) in [5.41, 5.74) is 1.72. The zero-order valence-corrected chi connectivity index (χ0v) is 8.91. The monoisotopic (exact) mass is 216 g/mol. The number of aromatic amines is 1. The van der Waals surface area contributed by atoms with Gasteiger partial charge in [0.1, 0.15) is 11.6 Å². The minimum absolute atomic E-state index is 0.197. The molecule has 2 atom stereocenters. The number of nitrogens with zero attached hydrogens (tertiary/aromatic N) is 1. The highest BCUT2D eigenvalue weighted by Crippen LogP contribution is 2.57. The molecule has 0 bridgehead atoms. The van der Waals surface area contributed by atoms with Gasteiger partial charge in [-0.05, 0) is 49.3 Å². The van der Waals surface area contributed by atoms with E-state index in [1.54, 1.807) is 6.07 Å². The number of fused-ring (bicyclic) bond motifs is 2. The normalized spacial score (nSPS) is 31.9. The van der Waals surface area contributed by atoms with Crippen molar-refractivity contribution in [3.05, 3.63) is 29.8 Å². The maximum atomic E-state index is 13.0. The topological polar surface area (TPSA) is 28.7 Å². The average molecular weight is 216 g/mol. The summed E-state index contributed by atoms with van der Waals surface area (Å²) < 4.78 is 13.0. The number of hydrogen-bond acceptors (Lipinski definition) is 1. The van der Waals surface area contributed by atoms with E-state index in [9.17, 15) is 4.39 Å². The first kappa shape index (κ1) is 8.74. The van der Waals surface area contributed by atoms with Crippen LogP contribution < -0.4 is 0 Å². The van der Waals surface area contributed by atoms with Crippen molar-refractivity contribution in [1.29, 1.82) is 0 Å². The molecule has 0 spiro atoms. The third-order valence-corrected chi connectivity index (χ3v) is 4.09. The van der Waals surface area contributed by atoms with Crippen molar-refractivity contribution >= 4 is 11.0 Å². The van der Waals surface area contributed by atoms with E-state index in [0.29, 0.717) is 5.92 Å². The Labute approximate surface area is 92.9 Å². The summed E-state index contributed by atoms with van der Waals surface area (Å²) in [5.74, 6) is 3.36. The molecular weight excluding hydrogens is 203 g/mol. The molecule has 0 aliphatic heterocycles. The van der Waals surface area contributed by atoms with Crippen LogP contribution in [0, 0.1) is 17.7 Å². The van der Waals surface area contributed by atoms with Crippen LogP contribution in [-0.2, 0) is 0 Å². The van der Waals surface area contributed by atoms with Crippen molar-refractivity contribution in [2.45, 2.75) is 25.2 Å². The molecule has 4 rings (SSSR count). The van der Waals surface area contributed by atoms with Crippen molar-refractivity contribution in [2.75, 3.05) is 0 Å². The predicted octanol–water partition coefficient (Wildman–Crippen LogP) is 3.22. The van der Waals surface area contributed by atoms with Crippen LogP contribution >= 0.6 is 0 Å². The summed E-state index contributed by atoms with van der Waals surface area (Å²) in [6, 6.07) is 4.75. The first-order valence-corrected chi connectivity index (χ1v) is 5.95. The minimum Gasteiger partial charge on any atom is -0.342 e. The van der Waals surface area contributed by atoms with E-state index in [1.165, 1.54) is 31.4 Å². The summed E-state index contributed by atoms with van der Waals surface area (Å²) in [5, 5.41) is 0. The van der Waals surface area contributed by atoms with Crippen molar-refractivity contribution in [2.24, 2.45) is 11.8 Å². The van der Waals surface area contributed by atoms with Crippen LogP contribution in [0.5, 0.6) is 0 Å². The molecule has 2 aromatic rings. The zero-order valence-electron chi connectivity index (χ0n) is 8.91. The van der Waals surface area contributed by atoms with Gasteiger partial charge in [0.2, 0.25) is 0 Å². The van der Waals surface area contributed by atoms with Gasteiger partial charge < -0.3 is 4.98 Å². The predicted molar refractivity (Wildman–Crippen MR) is 59.6 cm³/mol. The van der Waals surface area contributed by atoms with Crippen molar-refractivity contribution in [1.82, 2.24) is 9.97 Å². The van der Waals surface area contributed by atoms with E-state index < -0.39 is 0 Å². The molecule has 2 aliphatic rings. The largest absolute Gasteiger partial charge is 0.342 e. The van der Waals surface area contributed by atoms with Crippen LogP contribution in [0.3, 0.4) is 0 Å². The number of H-pyrrole nitrogens is 1. The van der Waals surface area contributed by atoms with E-state index in [2.05, 4.69) is 9.97 Å². The standard InChI is InChI=1S/C13H13FN2/c14-10-1-2-11-12(6-10)16-13(15-11)9-4-7-3-8(7)5-9/h1-2,6-9H,3-5H2,(H,15,16). The number of benzene rings is 1. The molecule has 2 unspecified atom stereocenters. The van der Waals surface area contributed by atoms with Crippen LogP contribution in [0.15, 0.2) is 18.2 Å². The lowest BCUT2D eigenvalue weighted by molar-refractivity contribution is 0.597. The van der Waals surface area contributed by atoms with Gasteiger partial charge >= 0.3 is 0 Å². The zero-order chi connectivity index (χ0) is 10.7. The fourth-order valence-electron chi connectivity index (χ4n) is 3.13. The van der Waals surface area contributed by atoms with Crippen LogP contribution in [0.4, 0.5) is 4.39 Å². The van der Waals surface area contributed by atoms with Crippen LogP contribution in [0.25, 0.3) is 11.0 Å². The molecule has 0 radical (unpaired) electrons. The highest BCUT2D eigenvalue weighted by atomic mass is 19.1. The maximum Gasteiger partial charge on any atom is 0.125 e. The smallest absolute Gasteiger partial charge is 0.125 e. The molecule has 1 aromatic heterocycles. The Bertz CT molecular complexity index is 550. The van der Waals surface area contributed by atoms with Gasteiger partial charge in [-0.3, -0.25) is 0 Å². The molecule has 2 saturated carbocycles. The van der Waals surface area contributed by atoms with Crippen molar-refractivity contribution in [3.8, 4) is 0 Å². The second kappa shape index (κ2) is 2.84. The summed E-state index contributed by atoms with van der Waals surface area (Å²) in [6.07, 6.45) is 3.96. The third kappa shape index (κ3) is 1.20. The Morgan fingerprint density at radius 3 is 2.81 bits per heavy atom. The molecule has 1 heterocycles. The molecule has 0 amide bonds. The molecular formula is C13H13FN2. The van der Waals surface area contributed by atoms with Crippen LogP contribution in [0.1, 0.15) is 31.0 Å². The number of nitrogens with one attached hydrogen (secondary N) is 1. The van der Waals surface area contributed by atoms with Crippen LogP contribution in [-0.4, -0.2) is 9.97 Å². The average Bonchev–Trinajstić information content (AvgIpc) is 2.75. The Morgan fingerprint density at radius 2 is 2.00 bits per heavy atom. The Morgan fingerprint density at radius 1 is 1.19 bits per heavy atom. The minimum atomic E-state index is -0.197. The fraction of sp³-hybridized carbons (Fsp3) is 0.462. The molecule has 1 aromatic carbocycles. The molecule has 16 heavy (non-hydrogen) atoms. The molecule has 1 N–H and O–H groups in total. The van der Waals surface area contributed by atoms with E-state index in [4.69, 9.17) is 0 Å². The van der Waals surface area contributed by atoms with E-state index in [-0.39, 0.29) is 5.82 Å². The second-order valence-corrected chi connectivity index (χ2v) is 5.21. The summed E-state index contributed by atoms with van der Waals surface area (Å²) in [4.78, 5) is 7.84. The number of imidazole rings is 1. The SMILES string of the molecule is Fc1ccc2nc(C3CC4CC4C3)[nH]c2c1. The lowest BCUT2D eigenvalue weighted by Crippen LogP contribution is -1.97. The highest BCUT2D eigenvalue weighted by Gasteiger charge is 2.46. The highest BCUT2D eigenvalue weighted by molar-refractivity contribution is 5.75. The first-order valence-electron chi connectivity index (χ1n) is 5.95. The number of aromatic nitrogens is 2. The second-order valence-electron chi connectivity index (χ2n) is 5.21. The third-order valence-electron chi connectivity index (χ3n) is 4.09.